The molecule has 0 saturated heterocycles. The zero-order chi connectivity index (χ0) is 11.9. The molecule has 0 aliphatic heterocycles. The number of aryl methyl sites for hydroxylation is 1. The number of aliphatic hydroxyl groups is 1. The fraction of sp³-hybridized carbons (Fsp3) is 0.571. The first-order valence-electron chi connectivity index (χ1n) is 5.85. The summed E-state index contributed by atoms with van der Waals surface area (Å²) in [6, 6.07) is 2.08. The van der Waals surface area contributed by atoms with Crippen molar-refractivity contribution in [2.24, 2.45) is 0 Å². The Hall–Kier alpha value is -1.20. The lowest BCUT2D eigenvalue weighted by Gasteiger charge is -2.28. The molecular formula is C14H19NO. The Morgan fingerprint density at radius 3 is 2.88 bits per heavy atom. The molecule has 1 aliphatic carbocycles. The van der Waals surface area contributed by atoms with Gasteiger partial charge < -0.3 is 9.67 Å². The normalized spacial score (nSPS) is 20.3. The Morgan fingerprint density at radius 2 is 2.25 bits per heavy atom. The zero-order valence-electron chi connectivity index (χ0n) is 10.2. The van der Waals surface area contributed by atoms with Crippen molar-refractivity contribution >= 4 is 0 Å². The maximum atomic E-state index is 9.97. The van der Waals surface area contributed by atoms with E-state index in [2.05, 4.69) is 23.5 Å². The number of aromatic nitrogens is 1. The highest BCUT2D eigenvalue weighted by Crippen LogP contribution is 2.35. The van der Waals surface area contributed by atoms with Crippen molar-refractivity contribution in [3.8, 4) is 12.3 Å². The van der Waals surface area contributed by atoms with E-state index >= 15 is 0 Å². The monoisotopic (exact) mass is 217 g/mol. The molecule has 1 N–H and O–H groups in total. The van der Waals surface area contributed by atoms with Gasteiger partial charge in [0.25, 0.3) is 0 Å². The largest absolute Gasteiger partial charge is 0.388 e. The molecule has 2 heteroatoms. The molecule has 0 radical (unpaired) electrons. The molecule has 16 heavy (non-hydrogen) atoms. The highest BCUT2D eigenvalue weighted by atomic mass is 16.3. The van der Waals surface area contributed by atoms with Gasteiger partial charge in [-0.05, 0) is 46.1 Å². The van der Waals surface area contributed by atoms with E-state index in [0.29, 0.717) is 0 Å². The van der Waals surface area contributed by atoms with Gasteiger partial charge in [-0.25, -0.2) is 0 Å². The van der Waals surface area contributed by atoms with E-state index in [-0.39, 0.29) is 11.6 Å². The van der Waals surface area contributed by atoms with Crippen molar-refractivity contribution in [3.05, 3.63) is 23.0 Å². The number of hydrogen-bond donors (Lipinski definition) is 1. The second kappa shape index (κ2) is 3.68. The van der Waals surface area contributed by atoms with Gasteiger partial charge in [0.2, 0.25) is 0 Å². The van der Waals surface area contributed by atoms with E-state index in [1.165, 1.54) is 5.69 Å². The van der Waals surface area contributed by atoms with Crippen molar-refractivity contribution in [3.63, 3.8) is 0 Å². The molecule has 86 valence electrons. The number of aliphatic hydroxyl groups excluding tert-OH is 1. The van der Waals surface area contributed by atoms with Crippen molar-refractivity contribution in [2.45, 2.75) is 51.7 Å². The summed E-state index contributed by atoms with van der Waals surface area (Å²) in [7, 11) is 0. The van der Waals surface area contributed by atoms with Crippen LogP contribution in [0.25, 0.3) is 0 Å². The molecule has 1 aromatic rings. The van der Waals surface area contributed by atoms with E-state index in [0.717, 1.165) is 30.5 Å². The molecule has 1 aliphatic rings. The van der Waals surface area contributed by atoms with Crippen molar-refractivity contribution in [1.29, 1.82) is 0 Å². The molecule has 1 unspecified atom stereocenters. The van der Waals surface area contributed by atoms with Crippen LogP contribution in [-0.4, -0.2) is 9.67 Å². The summed E-state index contributed by atoms with van der Waals surface area (Å²) in [5.41, 5.74) is 3.13. The van der Waals surface area contributed by atoms with Gasteiger partial charge in [0.15, 0.2) is 0 Å². The molecule has 2 nitrogen and oxygen atoms in total. The SMILES string of the molecule is C#CC(C)(C)n1c(C)cc2c1CCCC2O. The van der Waals surface area contributed by atoms with Gasteiger partial charge in [0, 0.05) is 17.0 Å². The Bertz CT molecular complexity index is 448. The standard InChI is InChI=1S/C14H19NO/c1-5-14(3,4)15-10(2)9-11-12(15)7-6-8-13(11)16/h1,9,13,16H,6-8H2,2-4H3. The van der Waals surface area contributed by atoms with Crippen LogP contribution in [0.3, 0.4) is 0 Å². The third-order valence-electron chi connectivity index (χ3n) is 3.48. The fourth-order valence-corrected chi connectivity index (χ4v) is 2.72. The highest BCUT2D eigenvalue weighted by Gasteiger charge is 2.28. The average Bonchev–Trinajstić information content (AvgIpc) is 2.57. The first-order valence-corrected chi connectivity index (χ1v) is 5.85. The molecule has 0 aromatic carbocycles. The molecular weight excluding hydrogens is 198 g/mol. The molecule has 0 amide bonds. The Morgan fingerprint density at radius 1 is 1.56 bits per heavy atom. The van der Waals surface area contributed by atoms with Gasteiger partial charge in [-0.15, -0.1) is 6.42 Å². The van der Waals surface area contributed by atoms with Crippen LogP contribution >= 0.6 is 0 Å². The van der Waals surface area contributed by atoms with Gasteiger partial charge in [0.05, 0.1) is 11.6 Å². The number of nitrogens with zero attached hydrogens (tertiary/aromatic N) is 1. The summed E-state index contributed by atoms with van der Waals surface area (Å²) in [4.78, 5) is 0. The van der Waals surface area contributed by atoms with Gasteiger partial charge in [-0.2, -0.15) is 0 Å². The van der Waals surface area contributed by atoms with Crippen LogP contribution in [0.5, 0.6) is 0 Å². The van der Waals surface area contributed by atoms with Crippen LogP contribution in [0.2, 0.25) is 0 Å². The Labute approximate surface area is 97.3 Å². The summed E-state index contributed by atoms with van der Waals surface area (Å²) in [6.45, 7) is 6.15. The first kappa shape index (κ1) is 11.3. The first-order chi connectivity index (χ1) is 7.47. The van der Waals surface area contributed by atoms with E-state index in [1.54, 1.807) is 0 Å². The number of terminal acetylenes is 1. The van der Waals surface area contributed by atoms with Crippen LogP contribution in [-0.2, 0) is 12.0 Å². The molecule has 1 aromatic heterocycles. The van der Waals surface area contributed by atoms with Gasteiger partial charge in [0.1, 0.15) is 0 Å². The molecule has 1 atom stereocenters. The summed E-state index contributed by atoms with van der Waals surface area (Å²) < 4.78 is 2.20. The average molecular weight is 217 g/mol. The summed E-state index contributed by atoms with van der Waals surface area (Å²) in [5.74, 6) is 2.83. The lowest BCUT2D eigenvalue weighted by Crippen LogP contribution is -2.28. The van der Waals surface area contributed by atoms with Crippen LogP contribution in [0, 0.1) is 19.3 Å². The third-order valence-corrected chi connectivity index (χ3v) is 3.48. The lowest BCUT2D eigenvalue weighted by molar-refractivity contribution is 0.155. The molecule has 0 fully saturated rings. The number of rotatable bonds is 1. The molecule has 0 bridgehead atoms. The van der Waals surface area contributed by atoms with Gasteiger partial charge in [-0.3, -0.25) is 0 Å². The van der Waals surface area contributed by atoms with Crippen molar-refractivity contribution in [1.82, 2.24) is 4.57 Å². The quantitative estimate of drug-likeness (QED) is 0.718. The van der Waals surface area contributed by atoms with Crippen LogP contribution < -0.4 is 0 Å². The predicted molar refractivity (Wildman–Crippen MR) is 65.2 cm³/mol. The van der Waals surface area contributed by atoms with Crippen LogP contribution in [0.15, 0.2) is 6.07 Å². The van der Waals surface area contributed by atoms with Crippen LogP contribution in [0.4, 0.5) is 0 Å². The summed E-state index contributed by atoms with van der Waals surface area (Å²) >= 11 is 0. The topological polar surface area (TPSA) is 25.2 Å². The predicted octanol–water partition coefficient (Wildman–Crippen LogP) is 2.53. The minimum Gasteiger partial charge on any atom is -0.388 e. The molecule has 0 spiro atoms. The molecule has 2 rings (SSSR count). The Balaban J connectivity index is 2.60. The van der Waals surface area contributed by atoms with Crippen LogP contribution in [0.1, 0.15) is 49.7 Å². The van der Waals surface area contributed by atoms with E-state index in [4.69, 9.17) is 6.42 Å². The second-order valence-corrected chi connectivity index (χ2v) is 5.13. The smallest absolute Gasteiger partial charge is 0.0995 e. The molecule has 1 heterocycles. The van der Waals surface area contributed by atoms with E-state index in [9.17, 15) is 5.11 Å². The second-order valence-electron chi connectivity index (χ2n) is 5.13. The minimum absolute atomic E-state index is 0.308. The van der Waals surface area contributed by atoms with E-state index < -0.39 is 0 Å². The summed E-state index contributed by atoms with van der Waals surface area (Å²) in [6.07, 6.45) is 8.22. The fourth-order valence-electron chi connectivity index (χ4n) is 2.72. The van der Waals surface area contributed by atoms with Gasteiger partial charge >= 0.3 is 0 Å². The van der Waals surface area contributed by atoms with Crippen molar-refractivity contribution < 1.29 is 5.11 Å². The van der Waals surface area contributed by atoms with Gasteiger partial charge in [-0.1, -0.05) is 5.92 Å². The maximum Gasteiger partial charge on any atom is 0.0995 e. The minimum atomic E-state index is -0.311. The highest BCUT2D eigenvalue weighted by molar-refractivity contribution is 5.34. The number of fused-ring (bicyclic) bond motifs is 1. The Kier molecular flexibility index (Phi) is 2.59. The lowest BCUT2D eigenvalue weighted by atomic mass is 9.94. The summed E-state index contributed by atoms with van der Waals surface area (Å²) in [5, 5.41) is 9.97. The van der Waals surface area contributed by atoms with Crippen molar-refractivity contribution in [2.75, 3.05) is 0 Å². The third kappa shape index (κ3) is 1.56. The molecule has 0 saturated carbocycles. The maximum absolute atomic E-state index is 9.97. The zero-order valence-corrected chi connectivity index (χ0v) is 10.2. The number of hydrogen-bond acceptors (Lipinski definition) is 1. The van der Waals surface area contributed by atoms with E-state index in [1.807, 2.05) is 13.8 Å².